The number of rotatable bonds is 1. The van der Waals surface area contributed by atoms with Gasteiger partial charge in [0, 0.05) is 24.0 Å². The van der Waals surface area contributed by atoms with Gasteiger partial charge in [-0.15, -0.1) is 11.3 Å². The largest absolute Gasteiger partial charge is 0.356 e. The molecule has 1 aliphatic carbocycles. The van der Waals surface area contributed by atoms with Crippen molar-refractivity contribution in [1.82, 2.24) is 9.97 Å². The topological polar surface area (TPSA) is 55.0 Å². The summed E-state index contributed by atoms with van der Waals surface area (Å²) in [7, 11) is 0. The number of thiophene rings is 1. The van der Waals surface area contributed by atoms with E-state index >= 15 is 0 Å². The van der Waals surface area contributed by atoms with Crippen molar-refractivity contribution in [2.45, 2.75) is 38.1 Å². The smallest absolute Gasteiger partial charge is 0.141 e. The van der Waals surface area contributed by atoms with E-state index in [4.69, 9.17) is 5.73 Å². The second-order valence-corrected chi connectivity index (χ2v) is 6.64. The van der Waals surface area contributed by atoms with Crippen molar-refractivity contribution >= 4 is 27.4 Å². The predicted molar refractivity (Wildman–Crippen MR) is 78.9 cm³/mol. The fraction of sp³-hybridized carbons (Fsp3) is 0.571. The molecule has 2 aromatic heterocycles. The molecule has 1 fully saturated rings. The molecule has 1 saturated heterocycles. The average Bonchev–Trinajstić information content (AvgIpc) is 2.99. The Morgan fingerprint density at radius 3 is 2.89 bits per heavy atom. The maximum atomic E-state index is 6.00. The molecule has 0 unspecified atom stereocenters. The summed E-state index contributed by atoms with van der Waals surface area (Å²) < 4.78 is 0. The van der Waals surface area contributed by atoms with Gasteiger partial charge in [0.05, 0.1) is 5.39 Å². The van der Waals surface area contributed by atoms with Gasteiger partial charge >= 0.3 is 0 Å². The molecule has 3 heterocycles. The van der Waals surface area contributed by atoms with Gasteiger partial charge in [-0.25, -0.2) is 9.97 Å². The molecule has 0 spiro atoms. The molecule has 5 heteroatoms. The first-order valence-corrected chi connectivity index (χ1v) is 7.90. The lowest BCUT2D eigenvalue weighted by Gasteiger charge is -2.31. The monoisotopic (exact) mass is 274 g/mol. The van der Waals surface area contributed by atoms with Crippen molar-refractivity contribution in [2.24, 2.45) is 5.73 Å². The van der Waals surface area contributed by atoms with Crippen LogP contribution < -0.4 is 10.6 Å². The Balaban J connectivity index is 1.81. The minimum absolute atomic E-state index is 0.363. The molecule has 4 rings (SSSR count). The van der Waals surface area contributed by atoms with Crippen molar-refractivity contribution in [2.75, 3.05) is 18.0 Å². The molecule has 0 saturated carbocycles. The maximum absolute atomic E-state index is 6.00. The predicted octanol–water partition coefficient (Wildman–Crippen LogP) is 2.11. The van der Waals surface area contributed by atoms with E-state index in [1.165, 1.54) is 39.9 Å². The highest BCUT2D eigenvalue weighted by Gasteiger charge is 2.25. The van der Waals surface area contributed by atoms with Crippen LogP contribution in [0.15, 0.2) is 6.33 Å². The first-order valence-electron chi connectivity index (χ1n) is 7.08. The fourth-order valence-corrected chi connectivity index (χ4v) is 4.49. The number of aryl methyl sites for hydroxylation is 2. The highest BCUT2D eigenvalue weighted by atomic mass is 32.1. The molecule has 0 bridgehead atoms. The molecule has 4 nitrogen and oxygen atoms in total. The Morgan fingerprint density at radius 2 is 2.05 bits per heavy atom. The van der Waals surface area contributed by atoms with Crippen LogP contribution in [0.5, 0.6) is 0 Å². The summed E-state index contributed by atoms with van der Waals surface area (Å²) in [6, 6.07) is 0.363. The number of hydrogen-bond acceptors (Lipinski definition) is 5. The molecule has 0 aromatic carbocycles. The zero-order valence-electron chi connectivity index (χ0n) is 10.9. The zero-order chi connectivity index (χ0) is 12.8. The lowest BCUT2D eigenvalue weighted by molar-refractivity contribution is 0.499. The SMILES string of the molecule is NC1CCN(c2ncnc3sc4c(c23)CCC4)CC1. The second-order valence-electron chi connectivity index (χ2n) is 5.56. The number of nitrogens with zero attached hydrogens (tertiary/aromatic N) is 3. The minimum Gasteiger partial charge on any atom is -0.356 e. The van der Waals surface area contributed by atoms with E-state index in [1.54, 1.807) is 6.33 Å². The van der Waals surface area contributed by atoms with E-state index in [0.717, 1.165) is 31.7 Å². The molecule has 2 aromatic rings. The quantitative estimate of drug-likeness (QED) is 0.865. The molecule has 2 aliphatic rings. The van der Waals surface area contributed by atoms with E-state index in [9.17, 15) is 0 Å². The Bertz CT molecular complexity index is 613. The Morgan fingerprint density at radius 1 is 1.21 bits per heavy atom. The average molecular weight is 274 g/mol. The standard InChI is InChI=1S/C14H18N4S/c15-9-4-6-18(7-5-9)13-12-10-2-1-3-11(10)19-14(12)17-8-16-13/h8-9H,1-7,15H2. The molecule has 0 atom stereocenters. The summed E-state index contributed by atoms with van der Waals surface area (Å²) in [6.45, 7) is 2.05. The third kappa shape index (κ3) is 1.83. The van der Waals surface area contributed by atoms with Crippen LogP contribution >= 0.6 is 11.3 Å². The van der Waals surface area contributed by atoms with Crippen LogP contribution in [0.1, 0.15) is 29.7 Å². The molecular weight excluding hydrogens is 256 g/mol. The summed E-state index contributed by atoms with van der Waals surface area (Å²) in [5.74, 6) is 1.15. The van der Waals surface area contributed by atoms with E-state index in [-0.39, 0.29) is 0 Å². The lowest BCUT2D eigenvalue weighted by Crippen LogP contribution is -2.40. The van der Waals surface area contributed by atoms with E-state index in [1.807, 2.05) is 11.3 Å². The van der Waals surface area contributed by atoms with Crippen molar-refractivity contribution in [3.8, 4) is 0 Å². The van der Waals surface area contributed by atoms with Crippen LogP contribution in [-0.2, 0) is 12.8 Å². The molecule has 0 radical (unpaired) electrons. The van der Waals surface area contributed by atoms with Gasteiger partial charge in [0.1, 0.15) is 17.0 Å². The summed E-state index contributed by atoms with van der Waals surface area (Å²) in [5, 5.41) is 1.33. The van der Waals surface area contributed by atoms with Gasteiger partial charge < -0.3 is 10.6 Å². The summed E-state index contributed by atoms with van der Waals surface area (Å²) >= 11 is 1.86. The van der Waals surface area contributed by atoms with Gasteiger partial charge in [-0.2, -0.15) is 0 Å². The van der Waals surface area contributed by atoms with Crippen molar-refractivity contribution in [1.29, 1.82) is 0 Å². The molecule has 100 valence electrons. The van der Waals surface area contributed by atoms with Gasteiger partial charge in [0.2, 0.25) is 0 Å². The van der Waals surface area contributed by atoms with Crippen LogP contribution in [-0.4, -0.2) is 29.1 Å². The maximum Gasteiger partial charge on any atom is 0.141 e. The van der Waals surface area contributed by atoms with Gasteiger partial charge in [0.15, 0.2) is 0 Å². The summed E-state index contributed by atoms with van der Waals surface area (Å²) in [6.07, 6.45) is 7.56. The van der Waals surface area contributed by atoms with Gasteiger partial charge in [-0.3, -0.25) is 0 Å². The zero-order valence-corrected chi connectivity index (χ0v) is 11.7. The Kier molecular flexibility index (Phi) is 2.70. The van der Waals surface area contributed by atoms with Gasteiger partial charge in [-0.1, -0.05) is 0 Å². The normalized spacial score (nSPS) is 20.2. The Hall–Kier alpha value is -1.20. The highest BCUT2D eigenvalue weighted by Crippen LogP contribution is 2.40. The van der Waals surface area contributed by atoms with Crippen molar-refractivity contribution in [3.05, 3.63) is 16.8 Å². The Labute approximate surface area is 116 Å². The molecule has 19 heavy (non-hydrogen) atoms. The van der Waals surface area contributed by atoms with Gasteiger partial charge in [0.25, 0.3) is 0 Å². The number of aromatic nitrogens is 2. The summed E-state index contributed by atoms with van der Waals surface area (Å²) in [4.78, 5) is 14.2. The second kappa shape index (κ2) is 4.42. The molecule has 0 amide bonds. The number of fused-ring (bicyclic) bond motifs is 3. The van der Waals surface area contributed by atoms with E-state index in [0.29, 0.717) is 6.04 Å². The number of nitrogens with two attached hydrogens (primary N) is 1. The lowest BCUT2D eigenvalue weighted by atomic mass is 10.1. The van der Waals surface area contributed by atoms with Crippen LogP contribution in [0.3, 0.4) is 0 Å². The van der Waals surface area contributed by atoms with Crippen LogP contribution in [0, 0.1) is 0 Å². The third-order valence-corrected chi connectivity index (χ3v) is 5.52. The van der Waals surface area contributed by atoms with Crippen LogP contribution in [0.25, 0.3) is 10.2 Å². The van der Waals surface area contributed by atoms with E-state index < -0.39 is 0 Å². The number of hydrogen-bond donors (Lipinski definition) is 1. The first-order chi connectivity index (χ1) is 9.33. The van der Waals surface area contributed by atoms with Crippen LogP contribution in [0.2, 0.25) is 0 Å². The van der Waals surface area contributed by atoms with E-state index in [2.05, 4.69) is 14.9 Å². The number of anilines is 1. The van der Waals surface area contributed by atoms with Crippen LogP contribution in [0.4, 0.5) is 5.82 Å². The molecular formula is C14H18N4S. The fourth-order valence-electron chi connectivity index (χ4n) is 3.26. The highest BCUT2D eigenvalue weighted by molar-refractivity contribution is 7.19. The molecule has 2 N–H and O–H groups in total. The molecule has 1 aliphatic heterocycles. The van der Waals surface area contributed by atoms with Gasteiger partial charge in [-0.05, 0) is 37.7 Å². The summed E-state index contributed by atoms with van der Waals surface area (Å²) in [5.41, 5.74) is 7.52. The van der Waals surface area contributed by atoms with Crippen molar-refractivity contribution < 1.29 is 0 Å². The van der Waals surface area contributed by atoms with Crippen molar-refractivity contribution in [3.63, 3.8) is 0 Å². The first kappa shape index (κ1) is 11.6. The minimum atomic E-state index is 0.363. The number of piperidine rings is 1. The third-order valence-electron chi connectivity index (χ3n) is 4.32.